The monoisotopic (exact) mass is 210 g/mol. The van der Waals surface area contributed by atoms with Crippen LogP contribution in [0.1, 0.15) is 19.3 Å². The molecular weight excluding hydrogens is 196 g/mol. The van der Waals surface area contributed by atoms with Crippen molar-refractivity contribution in [3.05, 3.63) is 24.3 Å². The summed E-state index contributed by atoms with van der Waals surface area (Å²) in [6.07, 6.45) is 2.53. The summed E-state index contributed by atoms with van der Waals surface area (Å²) in [7, 11) is 0. The minimum Gasteiger partial charge on any atom is -0.488 e. The minimum atomic E-state index is -0.300. The minimum absolute atomic E-state index is 0.0271. The van der Waals surface area contributed by atoms with Crippen molar-refractivity contribution in [2.24, 2.45) is 0 Å². The van der Waals surface area contributed by atoms with Crippen molar-refractivity contribution >= 4 is 12.6 Å². The molecule has 0 aliphatic heterocycles. The lowest BCUT2D eigenvalue weighted by Gasteiger charge is -2.16. The smallest absolute Gasteiger partial charge is 0.124 e. The number of aliphatic hydroxyl groups excluding tert-OH is 1. The predicted octanol–water partition coefficient (Wildman–Crippen LogP) is 2.27. The molecule has 1 saturated carbocycles. The number of rotatable bonds is 2. The second-order valence-corrected chi connectivity index (χ2v) is 4.16. The zero-order chi connectivity index (χ0) is 9.97. The number of aliphatic hydroxyl groups is 1. The predicted molar refractivity (Wildman–Crippen MR) is 58.0 cm³/mol. The summed E-state index contributed by atoms with van der Waals surface area (Å²) in [6.45, 7) is 0. The van der Waals surface area contributed by atoms with Gasteiger partial charge in [-0.15, -0.1) is 12.6 Å². The van der Waals surface area contributed by atoms with Crippen LogP contribution < -0.4 is 4.74 Å². The Balaban J connectivity index is 2.00. The molecular formula is C11H14O2S. The van der Waals surface area contributed by atoms with E-state index in [0.29, 0.717) is 0 Å². The lowest BCUT2D eigenvalue weighted by Crippen LogP contribution is -2.25. The lowest BCUT2D eigenvalue weighted by molar-refractivity contribution is 0.0604. The number of hydrogen-bond donors (Lipinski definition) is 2. The first-order valence-electron chi connectivity index (χ1n) is 4.89. The molecule has 0 aromatic heterocycles. The highest BCUT2D eigenvalue weighted by molar-refractivity contribution is 7.80. The molecule has 1 fully saturated rings. The molecule has 1 aromatic rings. The molecule has 1 aliphatic carbocycles. The van der Waals surface area contributed by atoms with Crippen molar-refractivity contribution in [1.82, 2.24) is 0 Å². The molecule has 0 heterocycles. The molecule has 2 unspecified atom stereocenters. The van der Waals surface area contributed by atoms with Crippen LogP contribution in [0.3, 0.4) is 0 Å². The second kappa shape index (κ2) is 4.24. The van der Waals surface area contributed by atoms with Gasteiger partial charge >= 0.3 is 0 Å². The summed E-state index contributed by atoms with van der Waals surface area (Å²) < 4.78 is 5.66. The third-order valence-electron chi connectivity index (χ3n) is 2.54. The summed E-state index contributed by atoms with van der Waals surface area (Å²) in [5, 5.41) is 9.56. The number of hydrogen-bond acceptors (Lipinski definition) is 3. The zero-order valence-corrected chi connectivity index (χ0v) is 8.78. The van der Waals surface area contributed by atoms with E-state index in [9.17, 15) is 5.11 Å². The molecule has 14 heavy (non-hydrogen) atoms. The summed E-state index contributed by atoms with van der Waals surface area (Å²) >= 11 is 4.19. The van der Waals surface area contributed by atoms with Crippen molar-refractivity contribution in [2.45, 2.75) is 36.4 Å². The average molecular weight is 210 g/mol. The molecule has 0 saturated heterocycles. The third kappa shape index (κ3) is 2.22. The molecule has 0 radical (unpaired) electrons. The van der Waals surface area contributed by atoms with Crippen LogP contribution in [0.15, 0.2) is 29.2 Å². The van der Waals surface area contributed by atoms with Gasteiger partial charge in [-0.3, -0.25) is 0 Å². The Labute approximate surface area is 89.3 Å². The van der Waals surface area contributed by atoms with Crippen LogP contribution in [-0.2, 0) is 0 Å². The van der Waals surface area contributed by atoms with Crippen molar-refractivity contribution < 1.29 is 9.84 Å². The Morgan fingerprint density at radius 3 is 2.50 bits per heavy atom. The fraction of sp³-hybridized carbons (Fsp3) is 0.455. The van der Waals surface area contributed by atoms with Crippen LogP contribution in [0, 0.1) is 0 Å². The molecule has 2 atom stereocenters. The standard InChI is InChI=1S/C11H14O2S/c12-10-2-1-3-11(10)13-8-4-6-9(14)7-5-8/h4-7,10-12,14H,1-3H2. The molecule has 3 heteroatoms. The normalized spacial score (nSPS) is 26.4. The highest BCUT2D eigenvalue weighted by Gasteiger charge is 2.26. The van der Waals surface area contributed by atoms with Gasteiger partial charge in [0.1, 0.15) is 11.9 Å². The van der Waals surface area contributed by atoms with Crippen LogP contribution in [-0.4, -0.2) is 17.3 Å². The van der Waals surface area contributed by atoms with Gasteiger partial charge in [-0.05, 0) is 43.5 Å². The van der Waals surface area contributed by atoms with E-state index in [-0.39, 0.29) is 12.2 Å². The van der Waals surface area contributed by atoms with E-state index in [1.165, 1.54) is 0 Å². The SMILES string of the molecule is OC1CCCC1Oc1ccc(S)cc1. The first kappa shape index (κ1) is 9.87. The van der Waals surface area contributed by atoms with Gasteiger partial charge in [0.2, 0.25) is 0 Å². The van der Waals surface area contributed by atoms with Crippen molar-refractivity contribution in [2.75, 3.05) is 0 Å². The van der Waals surface area contributed by atoms with Gasteiger partial charge in [-0.2, -0.15) is 0 Å². The Bertz CT molecular complexity index is 297. The van der Waals surface area contributed by atoms with E-state index in [1.54, 1.807) is 0 Å². The van der Waals surface area contributed by atoms with Gasteiger partial charge in [-0.1, -0.05) is 0 Å². The topological polar surface area (TPSA) is 29.5 Å². The van der Waals surface area contributed by atoms with E-state index in [1.807, 2.05) is 24.3 Å². The zero-order valence-electron chi connectivity index (χ0n) is 7.89. The highest BCUT2D eigenvalue weighted by atomic mass is 32.1. The Hall–Kier alpha value is -0.670. The van der Waals surface area contributed by atoms with Gasteiger partial charge < -0.3 is 9.84 Å². The average Bonchev–Trinajstić information content (AvgIpc) is 2.56. The van der Waals surface area contributed by atoms with E-state index in [0.717, 1.165) is 29.9 Å². The Morgan fingerprint density at radius 1 is 1.21 bits per heavy atom. The van der Waals surface area contributed by atoms with Crippen LogP contribution in [0.2, 0.25) is 0 Å². The van der Waals surface area contributed by atoms with E-state index in [4.69, 9.17) is 4.74 Å². The maximum absolute atomic E-state index is 9.56. The molecule has 1 N–H and O–H groups in total. The first-order chi connectivity index (χ1) is 6.75. The molecule has 1 aliphatic rings. The van der Waals surface area contributed by atoms with Gasteiger partial charge in [0.25, 0.3) is 0 Å². The second-order valence-electron chi connectivity index (χ2n) is 3.65. The quantitative estimate of drug-likeness (QED) is 0.733. The lowest BCUT2D eigenvalue weighted by atomic mass is 10.2. The summed E-state index contributed by atoms with van der Waals surface area (Å²) in [5.41, 5.74) is 0. The van der Waals surface area contributed by atoms with Crippen LogP contribution in [0.5, 0.6) is 5.75 Å². The summed E-state index contributed by atoms with van der Waals surface area (Å²) in [6, 6.07) is 7.54. The largest absolute Gasteiger partial charge is 0.488 e. The maximum atomic E-state index is 9.56. The molecule has 0 spiro atoms. The van der Waals surface area contributed by atoms with Crippen LogP contribution in [0.25, 0.3) is 0 Å². The maximum Gasteiger partial charge on any atom is 0.124 e. The van der Waals surface area contributed by atoms with E-state index in [2.05, 4.69) is 12.6 Å². The molecule has 76 valence electrons. The first-order valence-corrected chi connectivity index (χ1v) is 5.34. The van der Waals surface area contributed by atoms with E-state index < -0.39 is 0 Å². The molecule has 2 rings (SSSR count). The van der Waals surface area contributed by atoms with Gasteiger partial charge in [0.05, 0.1) is 6.10 Å². The fourth-order valence-electron chi connectivity index (χ4n) is 1.74. The van der Waals surface area contributed by atoms with Crippen LogP contribution in [0.4, 0.5) is 0 Å². The molecule has 1 aromatic carbocycles. The van der Waals surface area contributed by atoms with Gasteiger partial charge in [-0.25, -0.2) is 0 Å². The van der Waals surface area contributed by atoms with Crippen molar-refractivity contribution in [3.8, 4) is 5.75 Å². The van der Waals surface area contributed by atoms with Gasteiger partial charge in [0, 0.05) is 4.90 Å². The van der Waals surface area contributed by atoms with Crippen molar-refractivity contribution in [1.29, 1.82) is 0 Å². The summed E-state index contributed by atoms with van der Waals surface area (Å²) in [4.78, 5) is 0.921. The fourth-order valence-corrected chi connectivity index (χ4v) is 1.89. The van der Waals surface area contributed by atoms with Crippen LogP contribution >= 0.6 is 12.6 Å². The molecule has 0 bridgehead atoms. The third-order valence-corrected chi connectivity index (χ3v) is 2.84. The van der Waals surface area contributed by atoms with Gasteiger partial charge in [0.15, 0.2) is 0 Å². The Kier molecular flexibility index (Phi) is 2.99. The van der Waals surface area contributed by atoms with E-state index >= 15 is 0 Å². The Morgan fingerprint density at radius 2 is 1.93 bits per heavy atom. The molecule has 0 amide bonds. The number of benzene rings is 1. The van der Waals surface area contributed by atoms with Crippen molar-refractivity contribution in [3.63, 3.8) is 0 Å². The molecule has 2 nitrogen and oxygen atoms in total. The number of ether oxygens (including phenoxy) is 1. The highest BCUT2D eigenvalue weighted by Crippen LogP contribution is 2.25. The summed E-state index contributed by atoms with van der Waals surface area (Å²) in [5.74, 6) is 0.814. The number of thiol groups is 1.